The summed E-state index contributed by atoms with van der Waals surface area (Å²) in [5.41, 5.74) is 0.748. The molecule has 0 atom stereocenters. The Kier molecular flexibility index (Phi) is 2.53. The fourth-order valence-corrected chi connectivity index (χ4v) is 1.01. The zero-order valence-electron chi connectivity index (χ0n) is 7.47. The molecule has 0 saturated carbocycles. The highest BCUT2D eigenvalue weighted by molar-refractivity contribution is 5.57. The molecule has 0 aliphatic carbocycles. The van der Waals surface area contributed by atoms with Gasteiger partial charge in [0.15, 0.2) is 0 Å². The third-order valence-corrected chi connectivity index (χ3v) is 1.62. The van der Waals surface area contributed by atoms with Gasteiger partial charge in [-0.15, -0.1) is 0 Å². The van der Waals surface area contributed by atoms with Gasteiger partial charge in [-0.3, -0.25) is 0 Å². The lowest BCUT2D eigenvalue weighted by Gasteiger charge is -2.15. The number of methoxy groups -OCH3 is 1. The molecule has 0 bridgehead atoms. The Morgan fingerprint density at radius 1 is 1.33 bits per heavy atom. The molecule has 0 unspecified atom stereocenters. The van der Waals surface area contributed by atoms with Gasteiger partial charge in [0.05, 0.1) is 12.8 Å². The molecule has 12 heavy (non-hydrogen) atoms. The molecule has 1 aromatic rings. The molecule has 0 aromatic heterocycles. The first-order valence-corrected chi connectivity index (χ1v) is 3.66. The summed E-state index contributed by atoms with van der Waals surface area (Å²) in [5.74, 6) is 0.431. The average molecular weight is 169 g/mol. The molecule has 0 saturated heterocycles. The van der Waals surface area contributed by atoms with Crippen LogP contribution >= 0.6 is 0 Å². The van der Waals surface area contributed by atoms with Crippen LogP contribution < -0.4 is 9.64 Å². The van der Waals surface area contributed by atoms with Crippen molar-refractivity contribution >= 4 is 5.69 Å². The Morgan fingerprint density at radius 3 is 2.50 bits per heavy atom. The number of hydrogen-bond acceptors (Lipinski definition) is 2. The van der Waals surface area contributed by atoms with Crippen LogP contribution in [-0.2, 0) is 0 Å². The van der Waals surface area contributed by atoms with E-state index < -0.39 is 0 Å². The van der Waals surface area contributed by atoms with Crippen LogP contribution in [0, 0.1) is 5.82 Å². The van der Waals surface area contributed by atoms with E-state index in [0.717, 1.165) is 5.69 Å². The summed E-state index contributed by atoms with van der Waals surface area (Å²) in [4.78, 5) is 1.81. The second-order valence-electron chi connectivity index (χ2n) is 2.71. The van der Waals surface area contributed by atoms with Crippen LogP contribution in [-0.4, -0.2) is 21.2 Å². The molecule has 1 rings (SSSR count). The minimum Gasteiger partial charge on any atom is -0.495 e. The van der Waals surface area contributed by atoms with Crippen LogP contribution in [0.15, 0.2) is 18.2 Å². The number of benzene rings is 1. The average Bonchev–Trinajstić information content (AvgIpc) is 2.04. The van der Waals surface area contributed by atoms with Gasteiger partial charge in [0.1, 0.15) is 11.6 Å². The number of ether oxygens (including phenoxy) is 1. The zero-order valence-corrected chi connectivity index (χ0v) is 7.47. The third kappa shape index (κ3) is 1.67. The maximum atomic E-state index is 12.8. The van der Waals surface area contributed by atoms with Crippen molar-refractivity contribution in [3.63, 3.8) is 0 Å². The van der Waals surface area contributed by atoms with Crippen LogP contribution in [0.4, 0.5) is 10.1 Å². The monoisotopic (exact) mass is 169 g/mol. The van der Waals surface area contributed by atoms with E-state index in [2.05, 4.69) is 0 Å². The van der Waals surface area contributed by atoms with Crippen LogP contribution in [0.1, 0.15) is 0 Å². The predicted molar refractivity (Wildman–Crippen MR) is 47.3 cm³/mol. The topological polar surface area (TPSA) is 12.5 Å². The van der Waals surface area contributed by atoms with Crippen LogP contribution in [0.25, 0.3) is 0 Å². The highest BCUT2D eigenvalue weighted by Gasteiger charge is 2.05. The van der Waals surface area contributed by atoms with Gasteiger partial charge < -0.3 is 9.64 Å². The molecule has 0 aliphatic heterocycles. The maximum absolute atomic E-state index is 12.8. The number of rotatable bonds is 2. The maximum Gasteiger partial charge on any atom is 0.142 e. The highest BCUT2D eigenvalue weighted by Crippen LogP contribution is 2.26. The van der Waals surface area contributed by atoms with E-state index >= 15 is 0 Å². The van der Waals surface area contributed by atoms with E-state index in [1.807, 2.05) is 19.0 Å². The van der Waals surface area contributed by atoms with Crippen LogP contribution in [0.3, 0.4) is 0 Å². The summed E-state index contributed by atoms with van der Waals surface area (Å²) in [6.45, 7) is 0. The van der Waals surface area contributed by atoms with E-state index in [1.165, 1.54) is 12.1 Å². The first kappa shape index (κ1) is 8.84. The largest absolute Gasteiger partial charge is 0.495 e. The third-order valence-electron chi connectivity index (χ3n) is 1.62. The summed E-state index contributed by atoms with van der Waals surface area (Å²) < 4.78 is 17.8. The standard InChI is InChI=1S/C9H12FNO/c1-11(2)8-6-7(10)4-5-9(8)12-3/h4-6H,1-3H3. The van der Waals surface area contributed by atoms with Crippen molar-refractivity contribution in [3.05, 3.63) is 24.0 Å². The molecule has 1 aromatic carbocycles. The molecule has 0 amide bonds. The van der Waals surface area contributed by atoms with Crippen molar-refractivity contribution in [2.75, 3.05) is 26.1 Å². The van der Waals surface area contributed by atoms with Crippen molar-refractivity contribution in [1.82, 2.24) is 0 Å². The van der Waals surface area contributed by atoms with Gasteiger partial charge in [0, 0.05) is 20.2 Å². The van der Waals surface area contributed by atoms with Crippen LogP contribution in [0.2, 0.25) is 0 Å². The first-order valence-electron chi connectivity index (χ1n) is 3.66. The Morgan fingerprint density at radius 2 is 2.00 bits per heavy atom. The van der Waals surface area contributed by atoms with Gasteiger partial charge in [0.2, 0.25) is 0 Å². The van der Waals surface area contributed by atoms with Crippen molar-refractivity contribution in [2.24, 2.45) is 0 Å². The quantitative estimate of drug-likeness (QED) is 0.670. The van der Waals surface area contributed by atoms with Crippen molar-refractivity contribution < 1.29 is 9.13 Å². The van der Waals surface area contributed by atoms with Gasteiger partial charge in [-0.25, -0.2) is 4.39 Å². The molecule has 3 heteroatoms. The smallest absolute Gasteiger partial charge is 0.142 e. The molecule has 2 nitrogen and oxygen atoms in total. The molecular weight excluding hydrogens is 157 g/mol. The lowest BCUT2D eigenvalue weighted by Crippen LogP contribution is -2.10. The van der Waals surface area contributed by atoms with Gasteiger partial charge in [0.25, 0.3) is 0 Å². The van der Waals surface area contributed by atoms with Gasteiger partial charge >= 0.3 is 0 Å². The van der Waals surface area contributed by atoms with Crippen molar-refractivity contribution in [1.29, 1.82) is 0 Å². The van der Waals surface area contributed by atoms with E-state index in [1.54, 1.807) is 13.2 Å². The Bertz CT molecular complexity index is 273. The zero-order chi connectivity index (χ0) is 9.14. The molecule has 0 aliphatic rings. The summed E-state index contributed by atoms with van der Waals surface area (Å²) in [7, 11) is 5.26. The van der Waals surface area contributed by atoms with Crippen molar-refractivity contribution in [2.45, 2.75) is 0 Å². The van der Waals surface area contributed by atoms with Gasteiger partial charge in [-0.2, -0.15) is 0 Å². The molecule has 0 spiro atoms. The molecule has 0 radical (unpaired) electrons. The fourth-order valence-electron chi connectivity index (χ4n) is 1.01. The molecule has 0 fully saturated rings. The van der Waals surface area contributed by atoms with Gasteiger partial charge in [-0.05, 0) is 12.1 Å². The minimum atomic E-state index is -0.250. The summed E-state index contributed by atoms with van der Waals surface area (Å²) in [6, 6.07) is 4.44. The summed E-state index contributed by atoms with van der Waals surface area (Å²) >= 11 is 0. The summed E-state index contributed by atoms with van der Waals surface area (Å²) in [6.07, 6.45) is 0. The van der Waals surface area contributed by atoms with E-state index in [-0.39, 0.29) is 5.82 Å². The number of anilines is 1. The Labute approximate surface area is 71.6 Å². The lowest BCUT2D eigenvalue weighted by atomic mass is 10.2. The molecule has 0 heterocycles. The second-order valence-corrected chi connectivity index (χ2v) is 2.71. The van der Waals surface area contributed by atoms with E-state index in [0.29, 0.717) is 5.75 Å². The second kappa shape index (κ2) is 3.43. The fraction of sp³-hybridized carbons (Fsp3) is 0.333. The minimum absolute atomic E-state index is 0.250. The predicted octanol–water partition coefficient (Wildman–Crippen LogP) is 1.90. The lowest BCUT2D eigenvalue weighted by molar-refractivity contribution is 0.414. The van der Waals surface area contributed by atoms with Crippen molar-refractivity contribution in [3.8, 4) is 5.75 Å². The number of nitrogens with zero attached hydrogens (tertiary/aromatic N) is 1. The van der Waals surface area contributed by atoms with E-state index in [4.69, 9.17) is 4.74 Å². The molecule has 0 N–H and O–H groups in total. The number of halogens is 1. The Balaban J connectivity index is 3.12. The normalized spacial score (nSPS) is 9.67. The molecule has 66 valence electrons. The van der Waals surface area contributed by atoms with E-state index in [9.17, 15) is 4.39 Å². The first-order chi connectivity index (χ1) is 5.65. The van der Waals surface area contributed by atoms with Gasteiger partial charge in [-0.1, -0.05) is 0 Å². The number of hydrogen-bond donors (Lipinski definition) is 0. The highest BCUT2D eigenvalue weighted by atomic mass is 19.1. The summed E-state index contributed by atoms with van der Waals surface area (Å²) in [5, 5.41) is 0. The molecular formula is C9H12FNO. The SMILES string of the molecule is COc1ccc(F)cc1N(C)C. The Hall–Kier alpha value is -1.25. The van der Waals surface area contributed by atoms with Crippen LogP contribution in [0.5, 0.6) is 5.75 Å².